The summed E-state index contributed by atoms with van der Waals surface area (Å²) in [6.45, 7) is 0.810. The van der Waals surface area contributed by atoms with Crippen molar-refractivity contribution >= 4 is 11.6 Å². The molecule has 1 saturated heterocycles. The summed E-state index contributed by atoms with van der Waals surface area (Å²) in [7, 11) is 0. The molecule has 0 saturated carbocycles. The molecule has 1 aromatic carbocycles. The normalized spacial score (nSPS) is 21.7. The highest BCUT2D eigenvalue weighted by atomic mass is 16.1. The molecule has 1 amide bonds. The van der Waals surface area contributed by atoms with E-state index in [0.29, 0.717) is 0 Å². The Morgan fingerprint density at radius 3 is 2.64 bits per heavy atom. The van der Waals surface area contributed by atoms with E-state index >= 15 is 0 Å². The fraction of sp³-hybridized carbons (Fsp3) is 0.364. The molecule has 0 aromatic heterocycles. The van der Waals surface area contributed by atoms with Crippen LogP contribution in [0.2, 0.25) is 0 Å². The molecule has 3 nitrogen and oxygen atoms in total. The van der Waals surface area contributed by atoms with Crippen LogP contribution in [0, 0.1) is 0 Å². The van der Waals surface area contributed by atoms with E-state index in [1.165, 1.54) is 0 Å². The van der Waals surface area contributed by atoms with Gasteiger partial charge in [-0.05, 0) is 30.5 Å². The first-order valence-corrected chi connectivity index (χ1v) is 4.90. The van der Waals surface area contributed by atoms with Crippen LogP contribution in [0.15, 0.2) is 24.3 Å². The summed E-state index contributed by atoms with van der Waals surface area (Å²) in [5.74, 6) is 0.158. The lowest BCUT2D eigenvalue weighted by atomic mass is 9.91. The van der Waals surface area contributed by atoms with E-state index in [1.807, 2.05) is 24.3 Å². The number of benzene rings is 1. The summed E-state index contributed by atoms with van der Waals surface area (Å²) in [4.78, 5) is 11.5. The molecule has 3 heteroatoms. The smallest absolute Gasteiger partial charge is 0.227 e. The van der Waals surface area contributed by atoms with Crippen LogP contribution in [0.5, 0.6) is 0 Å². The lowest BCUT2D eigenvalue weighted by Gasteiger charge is -2.22. The number of carbonyl (C=O) groups is 1. The van der Waals surface area contributed by atoms with Gasteiger partial charge in [0.15, 0.2) is 0 Å². The van der Waals surface area contributed by atoms with Crippen LogP contribution in [0.4, 0.5) is 5.69 Å². The first-order valence-electron chi connectivity index (χ1n) is 4.90. The Kier molecular flexibility index (Phi) is 2.39. The molecule has 3 N–H and O–H groups in total. The number of nitrogen functional groups attached to an aromatic ring is 1. The lowest BCUT2D eigenvalue weighted by molar-refractivity contribution is -0.123. The zero-order valence-corrected chi connectivity index (χ0v) is 7.99. The first kappa shape index (κ1) is 9.06. The Hall–Kier alpha value is -1.51. The SMILES string of the molecule is Nc1ccc([C@@H]2CCCNC2=O)cc1. The van der Waals surface area contributed by atoms with E-state index in [-0.39, 0.29) is 11.8 Å². The van der Waals surface area contributed by atoms with E-state index < -0.39 is 0 Å². The molecule has 0 bridgehead atoms. The van der Waals surface area contributed by atoms with Crippen molar-refractivity contribution in [3.8, 4) is 0 Å². The summed E-state index contributed by atoms with van der Waals surface area (Å²) >= 11 is 0. The summed E-state index contributed by atoms with van der Waals surface area (Å²) in [5.41, 5.74) is 7.40. The fourth-order valence-corrected chi connectivity index (χ4v) is 1.82. The van der Waals surface area contributed by atoms with E-state index in [2.05, 4.69) is 5.32 Å². The second-order valence-electron chi connectivity index (χ2n) is 3.65. The number of nitrogens with two attached hydrogens (primary N) is 1. The zero-order chi connectivity index (χ0) is 9.97. The van der Waals surface area contributed by atoms with Crippen molar-refractivity contribution in [2.75, 3.05) is 12.3 Å². The minimum atomic E-state index is 0.0179. The van der Waals surface area contributed by atoms with Crippen molar-refractivity contribution in [3.05, 3.63) is 29.8 Å². The van der Waals surface area contributed by atoms with Gasteiger partial charge in [-0.1, -0.05) is 12.1 Å². The van der Waals surface area contributed by atoms with Crippen molar-refractivity contribution in [1.82, 2.24) is 5.32 Å². The molecule has 1 heterocycles. The maximum Gasteiger partial charge on any atom is 0.227 e. The zero-order valence-electron chi connectivity index (χ0n) is 7.99. The maximum absolute atomic E-state index is 11.5. The van der Waals surface area contributed by atoms with Gasteiger partial charge in [0, 0.05) is 12.2 Å². The number of rotatable bonds is 1. The van der Waals surface area contributed by atoms with Gasteiger partial charge in [0.1, 0.15) is 0 Å². The van der Waals surface area contributed by atoms with Gasteiger partial charge in [0.2, 0.25) is 5.91 Å². The molecule has 1 aromatic rings. The van der Waals surface area contributed by atoms with Crippen molar-refractivity contribution in [2.45, 2.75) is 18.8 Å². The Morgan fingerprint density at radius 2 is 2.00 bits per heavy atom. The highest BCUT2D eigenvalue weighted by Crippen LogP contribution is 2.24. The van der Waals surface area contributed by atoms with Gasteiger partial charge in [-0.15, -0.1) is 0 Å². The van der Waals surface area contributed by atoms with Crippen LogP contribution in [-0.4, -0.2) is 12.5 Å². The molecule has 0 spiro atoms. The molecule has 1 atom stereocenters. The summed E-state index contributed by atoms with van der Waals surface area (Å²) in [6, 6.07) is 7.56. The third-order valence-corrected chi connectivity index (χ3v) is 2.62. The van der Waals surface area contributed by atoms with Gasteiger partial charge in [-0.2, -0.15) is 0 Å². The van der Waals surface area contributed by atoms with Crippen LogP contribution in [0.3, 0.4) is 0 Å². The van der Waals surface area contributed by atoms with Gasteiger partial charge in [-0.3, -0.25) is 4.79 Å². The topological polar surface area (TPSA) is 55.1 Å². The minimum absolute atomic E-state index is 0.0179. The van der Waals surface area contributed by atoms with Gasteiger partial charge < -0.3 is 11.1 Å². The maximum atomic E-state index is 11.5. The molecule has 14 heavy (non-hydrogen) atoms. The van der Waals surface area contributed by atoms with Crippen LogP contribution < -0.4 is 11.1 Å². The predicted octanol–water partition coefficient (Wildman–Crippen LogP) is 1.26. The lowest BCUT2D eigenvalue weighted by Crippen LogP contribution is -2.34. The standard InChI is InChI=1S/C11H14N2O/c12-9-5-3-8(4-6-9)10-2-1-7-13-11(10)14/h3-6,10H,1-2,7,12H2,(H,13,14)/t10-/m0/s1. The molecular weight excluding hydrogens is 176 g/mol. The number of nitrogens with one attached hydrogen (secondary N) is 1. The highest BCUT2D eigenvalue weighted by molar-refractivity contribution is 5.84. The molecule has 1 aliphatic heterocycles. The summed E-state index contributed by atoms with van der Waals surface area (Å²) in [6.07, 6.45) is 2.00. The van der Waals surface area contributed by atoms with E-state index in [1.54, 1.807) is 0 Å². The van der Waals surface area contributed by atoms with Crippen molar-refractivity contribution in [2.24, 2.45) is 0 Å². The Bertz CT molecular complexity index is 332. The van der Waals surface area contributed by atoms with Crippen molar-refractivity contribution < 1.29 is 4.79 Å². The third-order valence-electron chi connectivity index (χ3n) is 2.62. The van der Waals surface area contributed by atoms with Crippen molar-refractivity contribution in [1.29, 1.82) is 0 Å². The molecule has 0 unspecified atom stereocenters. The Labute approximate surface area is 83.3 Å². The number of hydrogen-bond donors (Lipinski definition) is 2. The molecule has 2 rings (SSSR count). The predicted molar refractivity (Wildman–Crippen MR) is 55.8 cm³/mol. The fourth-order valence-electron chi connectivity index (χ4n) is 1.82. The van der Waals surface area contributed by atoms with Gasteiger partial charge in [0.05, 0.1) is 5.92 Å². The Balaban J connectivity index is 2.20. The number of anilines is 1. The molecule has 1 aliphatic rings. The van der Waals surface area contributed by atoms with E-state index in [0.717, 1.165) is 30.6 Å². The van der Waals surface area contributed by atoms with Crippen LogP contribution >= 0.6 is 0 Å². The number of piperidine rings is 1. The van der Waals surface area contributed by atoms with Gasteiger partial charge >= 0.3 is 0 Å². The highest BCUT2D eigenvalue weighted by Gasteiger charge is 2.23. The second kappa shape index (κ2) is 3.70. The monoisotopic (exact) mass is 190 g/mol. The molecule has 0 radical (unpaired) electrons. The second-order valence-corrected chi connectivity index (χ2v) is 3.65. The van der Waals surface area contributed by atoms with E-state index in [9.17, 15) is 4.79 Å². The van der Waals surface area contributed by atoms with Crippen LogP contribution in [0.25, 0.3) is 0 Å². The molecule has 0 aliphatic carbocycles. The summed E-state index contributed by atoms with van der Waals surface area (Å²) in [5, 5.41) is 2.88. The largest absolute Gasteiger partial charge is 0.399 e. The molecular formula is C11H14N2O. The average Bonchev–Trinajstić information content (AvgIpc) is 2.20. The number of amides is 1. The minimum Gasteiger partial charge on any atom is -0.399 e. The quantitative estimate of drug-likeness (QED) is 0.655. The third kappa shape index (κ3) is 1.71. The first-order chi connectivity index (χ1) is 6.77. The van der Waals surface area contributed by atoms with Crippen LogP contribution in [0.1, 0.15) is 24.3 Å². The molecule has 1 fully saturated rings. The van der Waals surface area contributed by atoms with E-state index in [4.69, 9.17) is 5.73 Å². The Morgan fingerprint density at radius 1 is 1.29 bits per heavy atom. The van der Waals surface area contributed by atoms with Crippen molar-refractivity contribution in [3.63, 3.8) is 0 Å². The van der Waals surface area contributed by atoms with Crippen LogP contribution in [-0.2, 0) is 4.79 Å². The summed E-state index contributed by atoms with van der Waals surface area (Å²) < 4.78 is 0. The number of hydrogen-bond acceptors (Lipinski definition) is 2. The number of carbonyl (C=O) groups excluding carboxylic acids is 1. The van der Waals surface area contributed by atoms with Gasteiger partial charge in [-0.25, -0.2) is 0 Å². The van der Waals surface area contributed by atoms with Gasteiger partial charge in [0.25, 0.3) is 0 Å². The average molecular weight is 190 g/mol. The molecule has 74 valence electrons.